The van der Waals surface area contributed by atoms with Crippen LogP contribution in [0.4, 0.5) is 0 Å². The van der Waals surface area contributed by atoms with Gasteiger partial charge in [0.25, 0.3) is 5.91 Å². The van der Waals surface area contributed by atoms with Crippen LogP contribution in [-0.2, 0) is 11.8 Å². The van der Waals surface area contributed by atoms with Gasteiger partial charge in [-0.15, -0.1) is 0 Å². The molecular formula is C20H20N2O2. The van der Waals surface area contributed by atoms with Crippen molar-refractivity contribution < 1.29 is 9.53 Å². The lowest BCUT2D eigenvalue weighted by Gasteiger charge is -2.33. The Morgan fingerprint density at radius 2 is 1.83 bits per heavy atom. The number of fused-ring (bicyclic) bond motifs is 1. The molecule has 2 heterocycles. The van der Waals surface area contributed by atoms with Crippen molar-refractivity contribution in [2.45, 2.75) is 6.10 Å². The summed E-state index contributed by atoms with van der Waals surface area (Å²) in [5.74, 6) is 0.0797. The van der Waals surface area contributed by atoms with Gasteiger partial charge in [0.1, 0.15) is 6.10 Å². The maximum Gasteiger partial charge on any atom is 0.256 e. The fourth-order valence-electron chi connectivity index (χ4n) is 3.39. The lowest BCUT2D eigenvalue weighted by molar-refractivity contribution is -0.0227. The molecule has 122 valence electrons. The Hall–Kier alpha value is -2.59. The van der Waals surface area contributed by atoms with Crippen LogP contribution in [0.1, 0.15) is 22.0 Å². The zero-order valence-corrected chi connectivity index (χ0v) is 13.7. The van der Waals surface area contributed by atoms with Crippen LogP contribution in [0, 0.1) is 0 Å². The molecule has 1 atom stereocenters. The Bertz CT molecular complexity index is 870. The average Bonchev–Trinajstić information content (AvgIpc) is 2.99. The second-order valence-corrected chi connectivity index (χ2v) is 6.19. The maximum absolute atomic E-state index is 13.1. The van der Waals surface area contributed by atoms with Crippen molar-refractivity contribution in [2.24, 2.45) is 7.05 Å². The van der Waals surface area contributed by atoms with Gasteiger partial charge in [0.15, 0.2) is 0 Å². The van der Waals surface area contributed by atoms with E-state index in [4.69, 9.17) is 4.74 Å². The van der Waals surface area contributed by atoms with Crippen LogP contribution in [0.25, 0.3) is 10.9 Å². The highest BCUT2D eigenvalue weighted by molar-refractivity contribution is 6.07. The summed E-state index contributed by atoms with van der Waals surface area (Å²) in [6, 6.07) is 18.1. The first kappa shape index (κ1) is 15.0. The lowest BCUT2D eigenvalue weighted by atomic mass is 10.1. The van der Waals surface area contributed by atoms with Crippen molar-refractivity contribution in [2.75, 3.05) is 19.7 Å². The van der Waals surface area contributed by atoms with Gasteiger partial charge in [0.2, 0.25) is 0 Å². The molecule has 1 fully saturated rings. The average molecular weight is 320 g/mol. The summed E-state index contributed by atoms with van der Waals surface area (Å²) in [5.41, 5.74) is 2.96. The highest BCUT2D eigenvalue weighted by Gasteiger charge is 2.27. The van der Waals surface area contributed by atoms with E-state index < -0.39 is 0 Å². The Kier molecular flexibility index (Phi) is 3.82. The number of hydrogen-bond acceptors (Lipinski definition) is 2. The van der Waals surface area contributed by atoms with Gasteiger partial charge in [0.05, 0.1) is 18.7 Å². The Morgan fingerprint density at radius 3 is 2.67 bits per heavy atom. The number of carbonyl (C=O) groups is 1. The molecule has 0 saturated carbocycles. The number of rotatable bonds is 2. The van der Waals surface area contributed by atoms with Crippen LogP contribution in [-0.4, -0.2) is 35.1 Å². The van der Waals surface area contributed by atoms with Crippen molar-refractivity contribution in [1.82, 2.24) is 9.47 Å². The third kappa shape index (κ3) is 2.59. The van der Waals surface area contributed by atoms with Crippen LogP contribution >= 0.6 is 0 Å². The molecule has 0 spiro atoms. The number of hydrogen-bond donors (Lipinski definition) is 0. The largest absolute Gasteiger partial charge is 0.370 e. The Balaban J connectivity index is 1.62. The molecular weight excluding hydrogens is 300 g/mol. The molecule has 0 radical (unpaired) electrons. The Labute approximate surface area is 141 Å². The molecule has 0 unspecified atom stereocenters. The molecule has 2 aromatic carbocycles. The highest BCUT2D eigenvalue weighted by atomic mass is 16.5. The van der Waals surface area contributed by atoms with Crippen LogP contribution in [0.3, 0.4) is 0 Å². The summed E-state index contributed by atoms with van der Waals surface area (Å²) in [6.07, 6.45) is 1.87. The molecule has 1 saturated heterocycles. The van der Waals surface area contributed by atoms with Gasteiger partial charge < -0.3 is 14.2 Å². The topological polar surface area (TPSA) is 34.5 Å². The number of ether oxygens (including phenoxy) is 1. The highest BCUT2D eigenvalue weighted by Crippen LogP contribution is 2.26. The summed E-state index contributed by atoms with van der Waals surface area (Å²) in [6.45, 7) is 1.79. The SMILES string of the molecule is Cn1cc(C(=O)N2CCO[C@H](c3ccccc3)C2)c2ccccc21. The van der Waals surface area contributed by atoms with Crippen LogP contribution in [0.2, 0.25) is 0 Å². The van der Waals surface area contributed by atoms with Gasteiger partial charge in [-0.05, 0) is 11.6 Å². The summed E-state index contributed by atoms with van der Waals surface area (Å²) in [5, 5.41) is 1.01. The summed E-state index contributed by atoms with van der Waals surface area (Å²) in [7, 11) is 1.98. The Morgan fingerprint density at radius 1 is 1.08 bits per heavy atom. The number of aryl methyl sites for hydroxylation is 1. The van der Waals surface area contributed by atoms with Crippen molar-refractivity contribution in [3.8, 4) is 0 Å². The minimum Gasteiger partial charge on any atom is -0.370 e. The molecule has 4 heteroatoms. The first-order valence-corrected chi connectivity index (χ1v) is 8.24. The van der Waals surface area contributed by atoms with E-state index in [0.717, 1.165) is 22.0 Å². The van der Waals surface area contributed by atoms with Gasteiger partial charge in [-0.25, -0.2) is 0 Å². The maximum atomic E-state index is 13.1. The number of aromatic nitrogens is 1. The van der Waals surface area contributed by atoms with E-state index in [1.165, 1.54) is 0 Å². The van der Waals surface area contributed by atoms with E-state index >= 15 is 0 Å². The van der Waals surface area contributed by atoms with Crippen molar-refractivity contribution in [3.63, 3.8) is 0 Å². The molecule has 1 aliphatic rings. The summed E-state index contributed by atoms with van der Waals surface area (Å²) >= 11 is 0. The third-order valence-corrected chi connectivity index (χ3v) is 4.65. The molecule has 24 heavy (non-hydrogen) atoms. The normalized spacial score (nSPS) is 18.0. The molecule has 1 aromatic heterocycles. The first-order chi connectivity index (χ1) is 11.7. The molecule has 0 N–H and O–H groups in total. The zero-order chi connectivity index (χ0) is 16.5. The molecule has 1 aliphatic heterocycles. The molecule has 0 bridgehead atoms. The quantitative estimate of drug-likeness (QED) is 0.725. The van der Waals surface area contributed by atoms with E-state index in [2.05, 4.69) is 12.1 Å². The smallest absolute Gasteiger partial charge is 0.256 e. The minimum absolute atomic E-state index is 0.0566. The second kappa shape index (κ2) is 6.13. The van der Waals surface area contributed by atoms with Crippen molar-refractivity contribution in [1.29, 1.82) is 0 Å². The van der Waals surface area contributed by atoms with Gasteiger partial charge in [0, 0.05) is 30.7 Å². The number of para-hydroxylation sites is 1. The predicted molar refractivity (Wildman–Crippen MR) is 94.0 cm³/mol. The molecule has 4 rings (SSSR count). The van der Waals surface area contributed by atoms with Gasteiger partial charge >= 0.3 is 0 Å². The monoisotopic (exact) mass is 320 g/mol. The van der Waals surface area contributed by atoms with Gasteiger partial charge in [-0.3, -0.25) is 4.79 Å². The van der Waals surface area contributed by atoms with Crippen LogP contribution < -0.4 is 0 Å². The van der Waals surface area contributed by atoms with Gasteiger partial charge in [-0.2, -0.15) is 0 Å². The summed E-state index contributed by atoms with van der Waals surface area (Å²) in [4.78, 5) is 15.0. The van der Waals surface area contributed by atoms with Crippen molar-refractivity contribution in [3.05, 3.63) is 71.9 Å². The predicted octanol–water partition coefficient (Wildman–Crippen LogP) is 3.39. The fraction of sp³-hybridized carbons (Fsp3) is 0.250. The lowest BCUT2D eigenvalue weighted by Crippen LogP contribution is -2.42. The number of morpholine rings is 1. The van der Waals surface area contributed by atoms with Crippen LogP contribution in [0.5, 0.6) is 0 Å². The second-order valence-electron chi connectivity index (χ2n) is 6.19. The zero-order valence-electron chi connectivity index (χ0n) is 13.7. The molecule has 0 aliphatic carbocycles. The third-order valence-electron chi connectivity index (χ3n) is 4.65. The minimum atomic E-state index is -0.0566. The van der Waals surface area contributed by atoms with Crippen molar-refractivity contribution >= 4 is 16.8 Å². The number of carbonyl (C=O) groups excluding carboxylic acids is 1. The van der Waals surface area contributed by atoms with Gasteiger partial charge in [-0.1, -0.05) is 48.5 Å². The number of amides is 1. The summed E-state index contributed by atoms with van der Waals surface area (Å²) < 4.78 is 7.89. The molecule has 1 amide bonds. The van der Waals surface area contributed by atoms with E-state index in [-0.39, 0.29) is 12.0 Å². The van der Waals surface area contributed by atoms with Crippen LogP contribution in [0.15, 0.2) is 60.8 Å². The van der Waals surface area contributed by atoms with E-state index in [9.17, 15) is 4.79 Å². The number of benzene rings is 2. The van der Waals surface area contributed by atoms with E-state index in [1.807, 2.05) is 65.2 Å². The standard InChI is InChI=1S/C20H20N2O2/c1-21-13-17(16-9-5-6-10-18(16)21)20(23)22-11-12-24-19(14-22)15-7-3-2-4-8-15/h2-10,13,19H,11-12,14H2,1H3/t19-/m0/s1. The van der Waals surface area contributed by atoms with E-state index in [1.54, 1.807) is 0 Å². The van der Waals surface area contributed by atoms with E-state index in [0.29, 0.717) is 19.7 Å². The first-order valence-electron chi connectivity index (χ1n) is 8.24. The molecule has 4 nitrogen and oxygen atoms in total. The molecule has 3 aromatic rings. The fourth-order valence-corrected chi connectivity index (χ4v) is 3.39. The number of nitrogens with zero attached hydrogens (tertiary/aromatic N) is 2.